The average molecular weight is 416 g/mol. The number of nitrogens with zero attached hydrogens (tertiary/aromatic N) is 1. The number of carbonyl (C=O) groups is 1. The highest BCUT2D eigenvalue weighted by atomic mass is 32.2. The van der Waals surface area contributed by atoms with Crippen molar-refractivity contribution in [2.45, 2.75) is 17.4 Å². The van der Waals surface area contributed by atoms with E-state index >= 15 is 0 Å². The summed E-state index contributed by atoms with van der Waals surface area (Å²) in [4.78, 5) is 17.6. The van der Waals surface area contributed by atoms with Gasteiger partial charge in [-0.15, -0.1) is 0 Å². The van der Waals surface area contributed by atoms with Gasteiger partial charge in [-0.25, -0.2) is 4.98 Å². The minimum absolute atomic E-state index is 0.0170. The zero-order chi connectivity index (χ0) is 20.9. The van der Waals surface area contributed by atoms with Crippen LogP contribution >= 0.6 is 11.8 Å². The minimum atomic E-state index is -0.343. The number of ether oxygens (including phenoxy) is 1. The second-order valence-electron chi connectivity index (χ2n) is 6.74. The van der Waals surface area contributed by atoms with Gasteiger partial charge in [-0.1, -0.05) is 72.4 Å². The van der Waals surface area contributed by atoms with E-state index in [1.54, 1.807) is 31.4 Å². The Labute approximate surface area is 179 Å². The van der Waals surface area contributed by atoms with E-state index in [9.17, 15) is 4.79 Å². The van der Waals surface area contributed by atoms with E-state index in [4.69, 9.17) is 14.1 Å². The van der Waals surface area contributed by atoms with Gasteiger partial charge in [-0.05, 0) is 31.2 Å². The second-order valence-corrected chi connectivity index (χ2v) is 8.03. The number of rotatable bonds is 7. The van der Waals surface area contributed by atoms with Gasteiger partial charge in [0.1, 0.15) is 11.4 Å². The Hall–Kier alpha value is -3.31. The molecule has 1 atom stereocenters. The predicted octanol–water partition coefficient (Wildman–Crippen LogP) is 6.38. The Balaban J connectivity index is 1.62. The number of oxazole rings is 1. The number of benzene rings is 3. The number of methoxy groups -OCH3 is 1. The van der Waals surface area contributed by atoms with Crippen LogP contribution in [0.15, 0.2) is 94.6 Å². The summed E-state index contributed by atoms with van der Waals surface area (Å²) in [6, 6.07) is 26.9. The largest absolute Gasteiger partial charge is 0.497 e. The van der Waals surface area contributed by atoms with Crippen molar-refractivity contribution in [2.75, 3.05) is 7.11 Å². The third-order valence-electron chi connectivity index (χ3n) is 4.71. The lowest BCUT2D eigenvalue weighted by atomic mass is 10.1. The maximum absolute atomic E-state index is 12.8. The molecule has 0 spiro atoms. The first kappa shape index (κ1) is 20.0. The number of carbonyl (C=O) groups excluding carboxylic acids is 1. The second kappa shape index (κ2) is 9.01. The summed E-state index contributed by atoms with van der Waals surface area (Å²) in [6.45, 7) is 1.87. The SMILES string of the molecule is COc1ccc(C(=O)[C@H](C)Sc2nc(-c3ccccc3)c(-c3ccccc3)o2)cc1. The van der Waals surface area contributed by atoms with Crippen molar-refractivity contribution in [1.82, 2.24) is 4.98 Å². The van der Waals surface area contributed by atoms with Crippen LogP contribution in [0.2, 0.25) is 0 Å². The molecule has 4 aromatic rings. The van der Waals surface area contributed by atoms with Crippen molar-refractivity contribution in [2.24, 2.45) is 0 Å². The van der Waals surface area contributed by atoms with Crippen molar-refractivity contribution in [3.63, 3.8) is 0 Å². The molecule has 0 amide bonds. The summed E-state index contributed by atoms with van der Waals surface area (Å²) in [5.74, 6) is 1.44. The molecule has 150 valence electrons. The van der Waals surface area contributed by atoms with E-state index in [-0.39, 0.29) is 11.0 Å². The summed E-state index contributed by atoms with van der Waals surface area (Å²) in [6.07, 6.45) is 0. The first-order chi connectivity index (χ1) is 14.7. The zero-order valence-corrected chi connectivity index (χ0v) is 17.6. The Morgan fingerprint density at radius 2 is 1.50 bits per heavy atom. The summed E-state index contributed by atoms with van der Waals surface area (Å²) in [5, 5.41) is 0.131. The van der Waals surface area contributed by atoms with E-state index in [2.05, 4.69) is 0 Å². The minimum Gasteiger partial charge on any atom is -0.497 e. The number of thioether (sulfide) groups is 1. The van der Waals surface area contributed by atoms with Crippen LogP contribution in [-0.4, -0.2) is 23.1 Å². The third-order valence-corrected chi connectivity index (χ3v) is 5.66. The first-order valence-corrected chi connectivity index (χ1v) is 10.5. The molecule has 0 aliphatic rings. The van der Waals surface area contributed by atoms with Gasteiger partial charge in [0.15, 0.2) is 11.5 Å². The lowest BCUT2D eigenvalue weighted by Crippen LogP contribution is -2.13. The molecule has 5 heteroatoms. The van der Waals surface area contributed by atoms with Crippen LogP contribution in [0.4, 0.5) is 0 Å². The highest BCUT2D eigenvalue weighted by Crippen LogP contribution is 2.37. The molecule has 30 heavy (non-hydrogen) atoms. The van der Waals surface area contributed by atoms with Gasteiger partial charge >= 0.3 is 0 Å². The van der Waals surface area contributed by atoms with Crippen molar-refractivity contribution in [1.29, 1.82) is 0 Å². The molecule has 3 aromatic carbocycles. The van der Waals surface area contributed by atoms with Crippen LogP contribution in [-0.2, 0) is 0 Å². The van der Waals surface area contributed by atoms with Gasteiger partial charge in [0.05, 0.1) is 12.4 Å². The molecule has 0 saturated heterocycles. The molecule has 0 aliphatic heterocycles. The Kier molecular flexibility index (Phi) is 6.00. The van der Waals surface area contributed by atoms with Crippen LogP contribution in [0.3, 0.4) is 0 Å². The van der Waals surface area contributed by atoms with E-state index in [0.717, 1.165) is 22.6 Å². The molecular formula is C25H21NO3S. The Bertz CT molecular complexity index is 1070. The first-order valence-electron chi connectivity index (χ1n) is 9.62. The molecule has 0 unspecified atom stereocenters. The normalized spacial score (nSPS) is 11.8. The van der Waals surface area contributed by atoms with Gasteiger partial charge in [-0.3, -0.25) is 4.79 Å². The van der Waals surface area contributed by atoms with Crippen molar-refractivity contribution >= 4 is 17.5 Å². The highest BCUT2D eigenvalue weighted by molar-refractivity contribution is 8.00. The van der Waals surface area contributed by atoms with Crippen molar-refractivity contribution < 1.29 is 13.9 Å². The van der Waals surface area contributed by atoms with E-state index in [0.29, 0.717) is 16.5 Å². The van der Waals surface area contributed by atoms with Crippen molar-refractivity contribution in [3.05, 3.63) is 90.5 Å². The fourth-order valence-corrected chi connectivity index (χ4v) is 3.94. The molecule has 1 heterocycles. The quantitative estimate of drug-likeness (QED) is 0.259. The van der Waals surface area contributed by atoms with E-state index < -0.39 is 0 Å². The molecule has 0 aliphatic carbocycles. The summed E-state index contributed by atoms with van der Waals surface area (Å²) in [7, 11) is 1.60. The number of aromatic nitrogens is 1. The molecule has 0 bridgehead atoms. The van der Waals surface area contributed by atoms with Gasteiger partial charge in [0, 0.05) is 16.7 Å². The molecule has 4 nitrogen and oxygen atoms in total. The monoisotopic (exact) mass is 415 g/mol. The summed E-state index contributed by atoms with van der Waals surface area (Å²) in [5.41, 5.74) is 3.33. The molecule has 0 saturated carbocycles. The van der Waals surface area contributed by atoms with Crippen LogP contribution in [0.5, 0.6) is 5.75 Å². The molecule has 0 fully saturated rings. The smallest absolute Gasteiger partial charge is 0.257 e. The third kappa shape index (κ3) is 4.31. The molecule has 0 N–H and O–H groups in total. The summed E-state index contributed by atoms with van der Waals surface area (Å²) >= 11 is 1.32. The standard InChI is InChI=1S/C25H21NO3S/c1-17(23(27)19-13-15-21(28-2)16-14-19)30-25-26-22(18-9-5-3-6-10-18)24(29-25)20-11-7-4-8-12-20/h3-17H,1-2H3/t17-/m0/s1. The molecular weight excluding hydrogens is 394 g/mol. The van der Waals surface area contributed by atoms with Crippen LogP contribution < -0.4 is 4.74 Å². The van der Waals surface area contributed by atoms with Crippen LogP contribution in [0, 0.1) is 0 Å². The predicted molar refractivity (Wildman–Crippen MR) is 120 cm³/mol. The number of ketones is 1. The topological polar surface area (TPSA) is 52.3 Å². The van der Waals surface area contributed by atoms with Gasteiger partial charge < -0.3 is 9.15 Å². The maximum atomic E-state index is 12.8. The number of Topliss-reactive ketones (excluding diaryl/α,β-unsaturated/α-hetero) is 1. The number of hydrogen-bond donors (Lipinski definition) is 0. The average Bonchev–Trinajstić information content (AvgIpc) is 3.23. The summed E-state index contributed by atoms with van der Waals surface area (Å²) < 4.78 is 11.3. The van der Waals surface area contributed by atoms with Gasteiger partial charge in [0.25, 0.3) is 5.22 Å². The van der Waals surface area contributed by atoms with Gasteiger partial charge in [-0.2, -0.15) is 0 Å². The molecule has 1 aromatic heterocycles. The van der Waals surface area contributed by atoms with E-state index in [1.165, 1.54) is 11.8 Å². The van der Waals surface area contributed by atoms with E-state index in [1.807, 2.05) is 67.6 Å². The highest BCUT2D eigenvalue weighted by Gasteiger charge is 2.22. The lowest BCUT2D eigenvalue weighted by molar-refractivity contribution is 0.0993. The van der Waals surface area contributed by atoms with Crippen molar-refractivity contribution in [3.8, 4) is 28.3 Å². The van der Waals surface area contributed by atoms with Crippen LogP contribution in [0.1, 0.15) is 17.3 Å². The fraction of sp³-hybridized carbons (Fsp3) is 0.120. The maximum Gasteiger partial charge on any atom is 0.257 e. The Morgan fingerprint density at radius 3 is 2.10 bits per heavy atom. The number of hydrogen-bond acceptors (Lipinski definition) is 5. The Morgan fingerprint density at radius 1 is 0.900 bits per heavy atom. The lowest BCUT2D eigenvalue weighted by Gasteiger charge is -2.08. The van der Waals surface area contributed by atoms with Crippen LogP contribution in [0.25, 0.3) is 22.6 Å². The molecule has 0 radical (unpaired) electrons. The van der Waals surface area contributed by atoms with Gasteiger partial charge in [0.2, 0.25) is 0 Å². The zero-order valence-electron chi connectivity index (χ0n) is 16.7. The molecule has 4 rings (SSSR count). The fourth-order valence-electron chi connectivity index (χ4n) is 3.12.